The van der Waals surface area contributed by atoms with Gasteiger partial charge in [-0.25, -0.2) is 4.98 Å². The molecule has 0 saturated carbocycles. The first-order valence-electron chi connectivity index (χ1n) is 8.37. The number of carbonyl (C=O) groups is 1. The van der Waals surface area contributed by atoms with Crippen LogP contribution in [0.15, 0.2) is 72.8 Å². The normalized spacial score (nSPS) is 10.8. The number of fused-ring (bicyclic) bond motifs is 1. The second kappa shape index (κ2) is 7.50. The Morgan fingerprint density at radius 1 is 0.893 bits per heavy atom. The van der Waals surface area contributed by atoms with Crippen molar-refractivity contribution in [3.63, 3.8) is 0 Å². The number of pyridine rings is 1. The molecule has 0 aliphatic carbocycles. The van der Waals surface area contributed by atoms with Gasteiger partial charge in [-0.15, -0.1) is 0 Å². The van der Waals surface area contributed by atoms with E-state index in [0.717, 1.165) is 0 Å². The van der Waals surface area contributed by atoms with E-state index in [2.05, 4.69) is 4.98 Å². The largest absolute Gasteiger partial charge is 0.545 e. The van der Waals surface area contributed by atoms with Crippen LogP contribution in [0.4, 0.5) is 0 Å². The summed E-state index contributed by atoms with van der Waals surface area (Å²) in [6.45, 7) is 0. The van der Waals surface area contributed by atoms with Gasteiger partial charge < -0.3 is 14.6 Å². The highest BCUT2D eigenvalue weighted by atomic mass is 35.5. The minimum atomic E-state index is -1.36. The zero-order valence-corrected chi connectivity index (χ0v) is 15.9. The fraction of sp³-hybridized carbons (Fsp3) is 0. The number of halogens is 2. The van der Waals surface area contributed by atoms with Crippen molar-refractivity contribution < 1.29 is 14.6 Å². The van der Waals surface area contributed by atoms with E-state index < -0.39 is 5.97 Å². The summed E-state index contributed by atoms with van der Waals surface area (Å²) in [5.74, 6) is -0.982. The number of carboxylic acid groups (broad SMARTS) is 1. The van der Waals surface area contributed by atoms with Crippen LogP contribution in [-0.4, -0.2) is 11.0 Å². The second-order valence-electron chi connectivity index (χ2n) is 6.01. The van der Waals surface area contributed by atoms with Crippen LogP contribution in [0.2, 0.25) is 10.0 Å². The molecule has 4 aromatic rings. The van der Waals surface area contributed by atoms with Crippen molar-refractivity contribution in [2.75, 3.05) is 0 Å². The molecule has 0 radical (unpaired) electrons. The zero-order valence-electron chi connectivity index (χ0n) is 14.4. The maximum Gasteiger partial charge on any atom is 0.163 e. The molecule has 0 N–H and O–H groups in total. The number of carbonyl (C=O) groups excluding carboxylic acids is 1. The number of hydrogen-bond donors (Lipinski definition) is 0. The number of rotatable bonds is 4. The SMILES string of the molecule is O=C([O-])c1c(Oc2ccccc2Cl)c(-c2ccc(Cl)cc2)nc2ccccc12. The molecule has 1 heterocycles. The molecule has 0 aliphatic heterocycles. The third-order valence-corrected chi connectivity index (χ3v) is 4.78. The van der Waals surface area contributed by atoms with Crippen LogP contribution >= 0.6 is 23.2 Å². The summed E-state index contributed by atoms with van der Waals surface area (Å²) in [4.78, 5) is 16.7. The number of nitrogens with zero attached hydrogens (tertiary/aromatic N) is 1. The van der Waals surface area contributed by atoms with E-state index in [1.165, 1.54) is 0 Å². The number of para-hydroxylation sites is 2. The Hall–Kier alpha value is -3.08. The molecule has 0 unspecified atom stereocenters. The third-order valence-electron chi connectivity index (χ3n) is 4.22. The van der Waals surface area contributed by atoms with Gasteiger partial charge in [-0.05, 0) is 30.3 Å². The Bertz CT molecular complexity index is 1190. The van der Waals surface area contributed by atoms with E-state index in [4.69, 9.17) is 27.9 Å². The Balaban J connectivity index is 2.04. The molecule has 6 heteroatoms. The monoisotopic (exact) mass is 408 g/mol. The molecule has 3 aromatic carbocycles. The van der Waals surface area contributed by atoms with Crippen molar-refractivity contribution in [2.45, 2.75) is 0 Å². The lowest BCUT2D eigenvalue weighted by molar-refractivity contribution is -0.254. The summed E-state index contributed by atoms with van der Waals surface area (Å²) in [7, 11) is 0. The van der Waals surface area contributed by atoms with Crippen LogP contribution in [0.5, 0.6) is 11.5 Å². The quantitative estimate of drug-likeness (QED) is 0.455. The highest BCUT2D eigenvalue weighted by Gasteiger charge is 2.20. The fourth-order valence-corrected chi connectivity index (χ4v) is 3.24. The van der Waals surface area contributed by atoms with Crippen molar-refractivity contribution in [1.29, 1.82) is 0 Å². The summed E-state index contributed by atoms with van der Waals surface area (Å²) in [6, 6.07) is 20.6. The van der Waals surface area contributed by atoms with Gasteiger partial charge >= 0.3 is 0 Å². The van der Waals surface area contributed by atoms with Gasteiger partial charge in [-0.1, -0.05) is 65.7 Å². The summed E-state index contributed by atoms with van der Waals surface area (Å²) in [6.07, 6.45) is 0. The molecule has 0 saturated heterocycles. The summed E-state index contributed by atoms with van der Waals surface area (Å²) in [5.41, 5.74) is 1.43. The second-order valence-corrected chi connectivity index (χ2v) is 6.85. The lowest BCUT2D eigenvalue weighted by atomic mass is 10.0. The van der Waals surface area contributed by atoms with Gasteiger partial charge in [0, 0.05) is 16.0 Å². The van der Waals surface area contributed by atoms with Gasteiger partial charge in [0.05, 0.1) is 22.1 Å². The first kappa shape index (κ1) is 18.3. The van der Waals surface area contributed by atoms with Crippen molar-refractivity contribution in [3.8, 4) is 22.8 Å². The molecule has 28 heavy (non-hydrogen) atoms. The Morgan fingerprint density at radius 2 is 1.57 bits per heavy atom. The van der Waals surface area contributed by atoms with E-state index in [1.807, 2.05) is 0 Å². The van der Waals surface area contributed by atoms with Crippen molar-refractivity contribution in [1.82, 2.24) is 4.98 Å². The number of aromatic nitrogens is 1. The van der Waals surface area contributed by atoms with Crippen LogP contribution in [0.1, 0.15) is 10.4 Å². The molecule has 0 fully saturated rings. The molecule has 0 bridgehead atoms. The van der Waals surface area contributed by atoms with Crippen LogP contribution in [0.3, 0.4) is 0 Å². The number of hydrogen-bond acceptors (Lipinski definition) is 4. The van der Waals surface area contributed by atoms with E-state index in [0.29, 0.717) is 38.0 Å². The number of ether oxygens (including phenoxy) is 1. The predicted octanol–water partition coefficient (Wildman–Crippen LogP) is 5.36. The van der Waals surface area contributed by atoms with Gasteiger partial charge in [-0.2, -0.15) is 0 Å². The van der Waals surface area contributed by atoms with Gasteiger partial charge in [0.25, 0.3) is 0 Å². The average molecular weight is 409 g/mol. The first-order chi connectivity index (χ1) is 13.5. The molecular formula is C22H12Cl2NO3-. The molecule has 0 amide bonds. The molecule has 1 aromatic heterocycles. The molecule has 0 aliphatic rings. The minimum Gasteiger partial charge on any atom is -0.545 e. The average Bonchev–Trinajstić information content (AvgIpc) is 2.69. The highest BCUT2D eigenvalue weighted by Crippen LogP contribution is 2.40. The van der Waals surface area contributed by atoms with Gasteiger partial charge in [0.1, 0.15) is 11.4 Å². The summed E-state index contributed by atoms with van der Waals surface area (Å²) >= 11 is 12.2. The Kier molecular flexibility index (Phi) is 4.90. The Morgan fingerprint density at radius 3 is 2.29 bits per heavy atom. The van der Waals surface area contributed by atoms with Crippen molar-refractivity contribution >= 4 is 40.1 Å². The van der Waals surface area contributed by atoms with Crippen molar-refractivity contribution in [2.24, 2.45) is 0 Å². The maximum atomic E-state index is 12.1. The van der Waals surface area contributed by atoms with E-state index in [-0.39, 0.29) is 11.3 Å². The lowest BCUT2D eigenvalue weighted by Gasteiger charge is -2.19. The molecule has 0 atom stereocenters. The Labute approximate surface area is 170 Å². The van der Waals surface area contributed by atoms with Gasteiger partial charge in [0.15, 0.2) is 5.75 Å². The summed E-state index contributed by atoms with van der Waals surface area (Å²) in [5, 5.41) is 13.4. The van der Waals surface area contributed by atoms with E-state index in [1.54, 1.807) is 72.8 Å². The van der Waals surface area contributed by atoms with Crippen LogP contribution in [-0.2, 0) is 0 Å². The summed E-state index contributed by atoms with van der Waals surface area (Å²) < 4.78 is 5.98. The van der Waals surface area contributed by atoms with E-state index in [9.17, 15) is 9.90 Å². The van der Waals surface area contributed by atoms with Gasteiger partial charge in [-0.3, -0.25) is 0 Å². The molecule has 4 rings (SSSR count). The van der Waals surface area contributed by atoms with E-state index >= 15 is 0 Å². The van der Waals surface area contributed by atoms with Gasteiger partial charge in [0.2, 0.25) is 0 Å². The highest BCUT2D eigenvalue weighted by molar-refractivity contribution is 6.32. The number of aromatic carboxylic acids is 1. The molecular weight excluding hydrogens is 397 g/mol. The molecule has 4 nitrogen and oxygen atoms in total. The van der Waals surface area contributed by atoms with Crippen LogP contribution < -0.4 is 9.84 Å². The van der Waals surface area contributed by atoms with Crippen LogP contribution in [0, 0.1) is 0 Å². The molecule has 138 valence electrons. The fourth-order valence-electron chi connectivity index (χ4n) is 2.94. The topological polar surface area (TPSA) is 62.2 Å². The molecule has 0 spiro atoms. The smallest absolute Gasteiger partial charge is 0.163 e. The maximum absolute atomic E-state index is 12.1. The number of benzene rings is 3. The first-order valence-corrected chi connectivity index (χ1v) is 9.12. The standard InChI is InChI=1S/C22H13Cl2NO3/c23-14-11-9-13(10-12-14)20-21(28-18-8-4-2-6-16(18)24)19(22(26)27)15-5-1-3-7-17(15)25-20/h1-12H,(H,26,27)/p-1. The van der Waals surface area contributed by atoms with Crippen LogP contribution in [0.25, 0.3) is 22.2 Å². The van der Waals surface area contributed by atoms with Crippen molar-refractivity contribution in [3.05, 3.63) is 88.4 Å². The lowest BCUT2D eigenvalue weighted by Crippen LogP contribution is -2.23. The number of carboxylic acids is 1. The minimum absolute atomic E-state index is 0.0640. The third kappa shape index (κ3) is 3.40. The zero-order chi connectivity index (χ0) is 19.7. The predicted molar refractivity (Wildman–Crippen MR) is 108 cm³/mol.